The number of anilines is 1. The number of allylic oxidation sites excluding steroid dienone is 2. The van der Waals surface area contributed by atoms with Crippen LogP contribution >= 0.6 is 0 Å². The number of nitrogens with zero attached hydrogens (tertiary/aromatic N) is 4. The topological polar surface area (TPSA) is 72.3 Å². The molecule has 3 aromatic rings. The number of nitrogens with one attached hydrogen (secondary N) is 1. The number of hydrogen-bond donors (Lipinski definition) is 1. The van der Waals surface area contributed by atoms with E-state index in [9.17, 15) is 4.79 Å². The second kappa shape index (κ2) is 8.35. The highest BCUT2D eigenvalue weighted by molar-refractivity contribution is 6.03. The van der Waals surface area contributed by atoms with Gasteiger partial charge < -0.3 is 19.5 Å². The average Bonchev–Trinajstić information content (AvgIpc) is 3.30. The van der Waals surface area contributed by atoms with Crippen LogP contribution in [0.1, 0.15) is 41.4 Å². The molecule has 0 spiro atoms. The molecule has 0 unspecified atom stereocenters. The van der Waals surface area contributed by atoms with Gasteiger partial charge in [0.1, 0.15) is 11.5 Å². The first kappa shape index (κ1) is 19.5. The van der Waals surface area contributed by atoms with Crippen LogP contribution in [0.3, 0.4) is 0 Å². The molecule has 7 heteroatoms. The molecule has 0 atom stereocenters. The van der Waals surface area contributed by atoms with E-state index in [1.54, 1.807) is 12.5 Å². The molecule has 1 amide bonds. The second-order valence-electron chi connectivity index (χ2n) is 7.96. The molecule has 0 aliphatic carbocycles. The molecule has 1 aromatic carbocycles. The Kier molecular flexibility index (Phi) is 5.26. The number of imidazole rings is 1. The van der Waals surface area contributed by atoms with Crippen LogP contribution < -0.4 is 5.32 Å². The molecular weight excluding hydrogens is 390 g/mol. The van der Waals surface area contributed by atoms with Gasteiger partial charge in [-0.3, -0.25) is 4.79 Å². The first-order chi connectivity index (χ1) is 15.2. The Morgan fingerprint density at radius 2 is 2.03 bits per heavy atom. The van der Waals surface area contributed by atoms with Crippen molar-refractivity contribution in [3.05, 3.63) is 72.6 Å². The predicted octanol–water partition coefficient (Wildman–Crippen LogP) is 4.23. The SMILES string of the molecule is CN1C=CCC=C1c1ccc2cnc(NC(=O)c3cn(C4CCOCC4)cn3)cc2c1. The van der Waals surface area contributed by atoms with E-state index in [1.807, 2.05) is 23.9 Å². The van der Waals surface area contributed by atoms with Crippen LogP contribution in [0.4, 0.5) is 5.82 Å². The number of aromatic nitrogens is 3. The minimum Gasteiger partial charge on any atom is -0.381 e. The number of hydrogen-bond acceptors (Lipinski definition) is 5. The van der Waals surface area contributed by atoms with E-state index in [0.29, 0.717) is 17.6 Å². The molecule has 31 heavy (non-hydrogen) atoms. The van der Waals surface area contributed by atoms with E-state index in [4.69, 9.17) is 4.74 Å². The maximum atomic E-state index is 12.7. The summed E-state index contributed by atoms with van der Waals surface area (Å²) in [5.74, 6) is 0.259. The van der Waals surface area contributed by atoms with E-state index in [-0.39, 0.29) is 5.91 Å². The molecule has 2 aliphatic heterocycles. The highest BCUT2D eigenvalue weighted by Crippen LogP contribution is 2.27. The van der Waals surface area contributed by atoms with Gasteiger partial charge >= 0.3 is 0 Å². The Morgan fingerprint density at radius 1 is 1.16 bits per heavy atom. The minimum absolute atomic E-state index is 0.256. The highest BCUT2D eigenvalue weighted by atomic mass is 16.5. The number of carbonyl (C=O) groups is 1. The molecule has 2 aliphatic rings. The molecule has 1 N–H and O–H groups in total. The van der Waals surface area contributed by atoms with Crippen molar-refractivity contribution >= 4 is 28.2 Å². The molecule has 7 nitrogen and oxygen atoms in total. The summed E-state index contributed by atoms with van der Waals surface area (Å²) in [6.07, 6.45) is 14.5. The van der Waals surface area contributed by atoms with E-state index in [2.05, 4.69) is 56.7 Å². The fraction of sp³-hybridized carbons (Fsp3) is 0.292. The Bertz CT molecular complexity index is 1170. The zero-order valence-electron chi connectivity index (χ0n) is 17.5. The fourth-order valence-corrected chi connectivity index (χ4v) is 4.13. The van der Waals surface area contributed by atoms with Crippen molar-refractivity contribution in [2.45, 2.75) is 25.3 Å². The Hall–Kier alpha value is -3.45. The molecule has 0 bridgehead atoms. The molecule has 1 saturated heterocycles. The summed E-state index contributed by atoms with van der Waals surface area (Å²) < 4.78 is 7.43. The van der Waals surface area contributed by atoms with Gasteiger partial charge in [0.2, 0.25) is 0 Å². The highest BCUT2D eigenvalue weighted by Gasteiger charge is 2.18. The van der Waals surface area contributed by atoms with Crippen molar-refractivity contribution in [1.29, 1.82) is 0 Å². The predicted molar refractivity (Wildman–Crippen MR) is 121 cm³/mol. The number of carbonyl (C=O) groups excluding carboxylic acids is 1. The zero-order valence-corrected chi connectivity index (χ0v) is 17.5. The summed E-state index contributed by atoms with van der Waals surface area (Å²) in [4.78, 5) is 23.5. The number of rotatable bonds is 4. The third-order valence-corrected chi connectivity index (χ3v) is 5.86. The van der Waals surface area contributed by atoms with Crippen molar-refractivity contribution < 1.29 is 9.53 Å². The Morgan fingerprint density at radius 3 is 2.87 bits per heavy atom. The maximum absolute atomic E-state index is 12.7. The molecule has 2 aromatic heterocycles. The number of ether oxygens (including phenoxy) is 1. The van der Waals surface area contributed by atoms with Gasteiger partial charge in [0.25, 0.3) is 5.91 Å². The third kappa shape index (κ3) is 4.09. The van der Waals surface area contributed by atoms with Crippen LogP contribution in [0, 0.1) is 0 Å². The summed E-state index contributed by atoms with van der Waals surface area (Å²) >= 11 is 0. The Labute approximate surface area is 181 Å². The lowest BCUT2D eigenvalue weighted by molar-refractivity contribution is 0.0695. The van der Waals surface area contributed by atoms with E-state index < -0.39 is 0 Å². The van der Waals surface area contributed by atoms with Gasteiger partial charge in [0.15, 0.2) is 0 Å². The molecule has 0 saturated carbocycles. The maximum Gasteiger partial charge on any atom is 0.276 e. The normalized spacial score (nSPS) is 17.1. The summed E-state index contributed by atoms with van der Waals surface area (Å²) in [5, 5.41) is 4.94. The van der Waals surface area contributed by atoms with Crippen LogP contribution in [-0.2, 0) is 4.74 Å². The van der Waals surface area contributed by atoms with Gasteiger partial charge in [-0.05, 0) is 42.3 Å². The first-order valence-corrected chi connectivity index (χ1v) is 10.6. The molecule has 5 rings (SSSR count). The van der Waals surface area contributed by atoms with Crippen molar-refractivity contribution in [3.63, 3.8) is 0 Å². The summed E-state index contributed by atoms with van der Waals surface area (Å²) in [6.45, 7) is 1.49. The third-order valence-electron chi connectivity index (χ3n) is 5.86. The van der Waals surface area contributed by atoms with E-state index >= 15 is 0 Å². The summed E-state index contributed by atoms with van der Waals surface area (Å²) in [5.41, 5.74) is 2.70. The Balaban J connectivity index is 1.34. The van der Waals surface area contributed by atoms with Crippen LogP contribution in [0.2, 0.25) is 0 Å². The van der Waals surface area contributed by atoms with Gasteiger partial charge in [0.05, 0.1) is 6.33 Å². The van der Waals surface area contributed by atoms with Crippen LogP contribution in [0.15, 0.2) is 61.3 Å². The van der Waals surface area contributed by atoms with Crippen molar-refractivity contribution in [1.82, 2.24) is 19.4 Å². The second-order valence-corrected chi connectivity index (χ2v) is 7.96. The lowest BCUT2D eigenvalue weighted by atomic mass is 10.0. The van der Waals surface area contributed by atoms with Crippen LogP contribution in [-0.4, -0.2) is 45.6 Å². The smallest absolute Gasteiger partial charge is 0.276 e. The molecule has 4 heterocycles. The van der Waals surface area contributed by atoms with E-state index in [0.717, 1.165) is 48.8 Å². The lowest BCUT2D eigenvalue weighted by Crippen LogP contribution is -2.18. The van der Waals surface area contributed by atoms with Crippen molar-refractivity contribution in [2.75, 3.05) is 25.6 Å². The monoisotopic (exact) mass is 415 g/mol. The molecular formula is C24H25N5O2. The van der Waals surface area contributed by atoms with Crippen molar-refractivity contribution in [3.8, 4) is 0 Å². The minimum atomic E-state index is -0.256. The van der Waals surface area contributed by atoms with Gasteiger partial charge in [-0.25, -0.2) is 9.97 Å². The largest absolute Gasteiger partial charge is 0.381 e. The molecule has 158 valence electrons. The standard InChI is InChI=1S/C24H25N5O2/c1-28-9-3-2-4-22(28)17-5-6-18-14-25-23(13-19(18)12-17)27-24(30)21-15-29(16-26-21)20-7-10-31-11-8-20/h3-6,9,12-16,20H,2,7-8,10-11H2,1H3,(H,25,27,30). The van der Waals surface area contributed by atoms with Gasteiger partial charge in [-0.2, -0.15) is 0 Å². The number of pyridine rings is 1. The fourth-order valence-electron chi connectivity index (χ4n) is 4.13. The summed E-state index contributed by atoms with van der Waals surface area (Å²) in [7, 11) is 2.05. The quantitative estimate of drug-likeness (QED) is 0.691. The average molecular weight is 415 g/mol. The van der Waals surface area contributed by atoms with Crippen molar-refractivity contribution in [2.24, 2.45) is 0 Å². The van der Waals surface area contributed by atoms with E-state index in [1.165, 1.54) is 5.70 Å². The molecule has 0 radical (unpaired) electrons. The van der Waals surface area contributed by atoms with Gasteiger partial charge in [-0.15, -0.1) is 0 Å². The zero-order chi connectivity index (χ0) is 21.2. The molecule has 1 fully saturated rings. The summed E-state index contributed by atoms with van der Waals surface area (Å²) in [6, 6.07) is 8.54. The number of fused-ring (bicyclic) bond motifs is 1. The first-order valence-electron chi connectivity index (χ1n) is 10.6. The van der Waals surface area contributed by atoms with Gasteiger partial charge in [0, 0.05) is 56.0 Å². The van der Waals surface area contributed by atoms with Gasteiger partial charge in [-0.1, -0.05) is 24.3 Å². The number of amides is 1. The lowest BCUT2D eigenvalue weighted by Gasteiger charge is -2.22. The van der Waals surface area contributed by atoms with Crippen LogP contribution in [0.25, 0.3) is 16.5 Å². The number of benzene rings is 1. The van der Waals surface area contributed by atoms with Crippen LogP contribution in [0.5, 0.6) is 0 Å².